The van der Waals surface area contributed by atoms with Gasteiger partial charge in [-0.3, -0.25) is 4.79 Å². The molecule has 4 N–H and O–H groups in total. The molecule has 1 saturated heterocycles. The zero-order chi connectivity index (χ0) is 14.2. The standard InChI is InChI=1S/C11H17N3O3S2/c1-7-10(19(13,16)17)5-9(18-7)11(15)14-4-2-3-8(14)6-12/h5,8H,2-4,6,12H2,1H3,(H2,13,16,17)/t8-/m1/s1. The van der Waals surface area contributed by atoms with Gasteiger partial charge in [0.1, 0.15) is 0 Å². The first kappa shape index (κ1) is 14.4. The van der Waals surface area contributed by atoms with Crippen LogP contribution in [-0.4, -0.2) is 38.4 Å². The van der Waals surface area contributed by atoms with Crippen LogP contribution in [0, 0.1) is 6.92 Å². The third kappa shape index (κ3) is 2.81. The maximum atomic E-state index is 12.4. The first-order chi connectivity index (χ1) is 8.84. The molecule has 1 aromatic heterocycles. The quantitative estimate of drug-likeness (QED) is 0.835. The van der Waals surface area contributed by atoms with Crippen molar-refractivity contribution in [3.8, 4) is 0 Å². The van der Waals surface area contributed by atoms with Gasteiger partial charge < -0.3 is 10.6 Å². The Bertz CT molecular complexity index is 594. The molecule has 1 aromatic rings. The molecule has 1 fully saturated rings. The Morgan fingerprint density at radius 2 is 2.26 bits per heavy atom. The van der Waals surface area contributed by atoms with Crippen LogP contribution in [0.1, 0.15) is 27.4 Å². The van der Waals surface area contributed by atoms with Crippen molar-refractivity contribution >= 4 is 27.3 Å². The van der Waals surface area contributed by atoms with Crippen molar-refractivity contribution in [1.82, 2.24) is 4.90 Å². The fourth-order valence-electron chi connectivity index (χ4n) is 2.34. The van der Waals surface area contributed by atoms with E-state index in [0.29, 0.717) is 22.8 Å². The fourth-order valence-corrected chi connectivity index (χ4v) is 4.44. The summed E-state index contributed by atoms with van der Waals surface area (Å²) < 4.78 is 22.7. The molecule has 1 amide bonds. The number of carbonyl (C=O) groups excluding carboxylic acids is 1. The van der Waals surface area contributed by atoms with Crippen molar-refractivity contribution in [2.45, 2.75) is 30.7 Å². The molecule has 6 nitrogen and oxygen atoms in total. The summed E-state index contributed by atoms with van der Waals surface area (Å²) in [6, 6.07) is 1.41. The molecule has 0 saturated carbocycles. The first-order valence-corrected chi connectivity index (χ1v) is 8.35. The second kappa shape index (κ2) is 5.20. The highest BCUT2D eigenvalue weighted by molar-refractivity contribution is 7.89. The Labute approximate surface area is 116 Å². The third-order valence-corrected chi connectivity index (χ3v) is 5.50. The van der Waals surface area contributed by atoms with E-state index in [4.69, 9.17) is 10.9 Å². The van der Waals surface area contributed by atoms with Crippen LogP contribution in [0.5, 0.6) is 0 Å². The first-order valence-electron chi connectivity index (χ1n) is 5.99. The minimum Gasteiger partial charge on any atom is -0.334 e. The Balaban J connectivity index is 2.30. The van der Waals surface area contributed by atoms with E-state index < -0.39 is 10.0 Å². The highest BCUT2D eigenvalue weighted by Crippen LogP contribution is 2.28. The predicted octanol–water partition coefficient (Wildman–Crippen LogP) is 0.267. The van der Waals surface area contributed by atoms with Gasteiger partial charge in [0, 0.05) is 24.0 Å². The molecule has 0 spiro atoms. The molecule has 0 bridgehead atoms. The number of primary sulfonamides is 1. The number of rotatable bonds is 3. The van der Waals surface area contributed by atoms with Crippen molar-refractivity contribution in [3.05, 3.63) is 15.8 Å². The third-order valence-electron chi connectivity index (χ3n) is 3.30. The Morgan fingerprint density at radius 3 is 2.79 bits per heavy atom. The second-order valence-electron chi connectivity index (χ2n) is 4.61. The van der Waals surface area contributed by atoms with Gasteiger partial charge in [0.2, 0.25) is 10.0 Å². The summed E-state index contributed by atoms with van der Waals surface area (Å²) in [5.74, 6) is -0.157. The summed E-state index contributed by atoms with van der Waals surface area (Å²) in [7, 11) is -3.77. The molecule has 0 unspecified atom stereocenters. The van der Waals surface area contributed by atoms with E-state index in [2.05, 4.69) is 0 Å². The summed E-state index contributed by atoms with van der Waals surface area (Å²) in [5, 5.41) is 5.11. The highest BCUT2D eigenvalue weighted by Gasteiger charge is 2.30. The van der Waals surface area contributed by atoms with Crippen LogP contribution in [0.25, 0.3) is 0 Å². The maximum absolute atomic E-state index is 12.4. The smallest absolute Gasteiger partial charge is 0.264 e. The number of carbonyl (C=O) groups is 1. The van der Waals surface area contributed by atoms with E-state index in [-0.39, 0.29) is 16.8 Å². The van der Waals surface area contributed by atoms with Gasteiger partial charge in [-0.1, -0.05) is 0 Å². The lowest BCUT2D eigenvalue weighted by Crippen LogP contribution is -2.39. The number of sulfonamides is 1. The number of hydrogen-bond donors (Lipinski definition) is 2. The van der Waals surface area contributed by atoms with Crippen LogP contribution in [0.15, 0.2) is 11.0 Å². The number of nitrogens with zero attached hydrogens (tertiary/aromatic N) is 1. The van der Waals surface area contributed by atoms with E-state index in [9.17, 15) is 13.2 Å². The molecule has 8 heteroatoms. The van der Waals surface area contributed by atoms with E-state index in [1.165, 1.54) is 6.07 Å². The summed E-state index contributed by atoms with van der Waals surface area (Å²) in [5.41, 5.74) is 5.64. The van der Waals surface area contributed by atoms with Gasteiger partial charge >= 0.3 is 0 Å². The summed E-state index contributed by atoms with van der Waals surface area (Å²) >= 11 is 1.16. The van der Waals surface area contributed by atoms with Crippen LogP contribution in [0.4, 0.5) is 0 Å². The van der Waals surface area contributed by atoms with Crippen molar-refractivity contribution < 1.29 is 13.2 Å². The normalized spacial score (nSPS) is 19.9. The molecule has 106 valence electrons. The number of amides is 1. The van der Waals surface area contributed by atoms with Gasteiger partial charge in [0.25, 0.3) is 5.91 Å². The van der Waals surface area contributed by atoms with Gasteiger partial charge in [-0.2, -0.15) is 0 Å². The van der Waals surface area contributed by atoms with Crippen molar-refractivity contribution in [3.63, 3.8) is 0 Å². The van der Waals surface area contributed by atoms with Gasteiger partial charge in [-0.05, 0) is 25.8 Å². The summed E-state index contributed by atoms with van der Waals surface area (Å²) in [6.45, 7) is 2.74. The number of aryl methyl sites for hydroxylation is 1. The zero-order valence-electron chi connectivity index (χ0n) is 10.6. The number of nitrogens with two attached hydrogens (primary N) is 2. The van der Waals surface area contributed by atoms with Crippen LogP contribution >= 0.6 is 11.3 Å². The van der Waals surface area contributed by atoms with Crippen LogP contribution in [0.2, 0.25) is 0 Å². The lowest BCUT2D eigenvalue weighted by Gasteiger charge is -2.22. The Morgan fingerprint density at radius 1 is 1.58 bits per heavy atom. The minimum atomic E-state index is -3.77. The molecule has 2 rings (SSSR count). The van der Waals surface area contributed by atoms with Gasteiger partial charge in [-0.25, -0.2) is 13.6 Å². The Kier molecular flexibility index (Phi) is 3.95. The molecular weight excluding hydrogens is 286 g/mol. The number of likely N-dealkylation sites (tertiary alicyclic amines) is 1. The van der Waals surface area contributed by atoms with Crippen LogP contribution < -0.4 is 10.9 Å². The monoisotopic (exact) mass is 303 g/mol. The van der Waals surface area contributed by atoms with Gasteiger partial charge in [0.05, 0.1) is 9.77 Å². The lowest BCUT2D eigenvalue weighted by molar-refractivity contribution is 0.0746. The molecule has 0 aliphatic carbocycles. The maximum Gasteiger partial charge on any atom is 0.264 e. The molecule has 1 aliphatic heterocycles. The van der Waals surface area contributed by atoms with Gasteiger partial charge in [0.15, 0.2) is 0 Å². The van der Waals surface area contributed by atoms with Crippen LogP contribution in [-0.2, 0) is 10.0 Å². The van der Waals surface area contributed by atoms with E-state index >= 15 is 0 Å². The van der Waals surface area contributed by atoms with E-state index in [0.717, 1.165) is 24.2 Å². The fraction of sp³-hybridized carbons (Fsp3) is 0.545. The highest BCUT2D eigenvalue weighted by atomic mass is 32.2. The largest absolute Gasteiger partial charge is 0.334 e. The molecule has 1 aliphatic rings. The van der Waals surface area contributed by atoms with Crippen LogP contribution in [0.3, 0.4) is 0 Å². The Hall–Kier alpha value is -0.960. The topological polar surface area (TPSA) is 106 Å². The predicted molar refractivity (Wildman–Crippen MR) is 73.5 cm³/mol. The molecule has 1 atom stereocenters. The zero-order valence-corrected chi connectivity index (χ0v) is 12.3. The molecule has 0 aromatic carbocycles. The van der Waals surface area contributed by atoms with Crippen molar-refractivity contribution in [1.29, 1.82) is 0 Å². The molecular formula is C11H17N3O3S2. The lowest BCUT2D eigenvalue weighted by atomic mass is 10.2. The van der Waals surface area contributed by atoms with Crippen molar-refractivity contribution in [2.75, 3.05) is 13.1 Å². The van der Waals surface area contributed by atoms with E-state index in [1.54, 1.807) is 11.8 Å². The molecule has 19 heavy (non-hydrogen) atoms. The number of hydrogen-bond acceptors (Lipinski definition) is 5. The van der Waals surface area contributed by atoms with E-state index in [1.807, 2.05) is 0 Å². The van der Waals surface area contributed by atoms with Crippen molar-refractivity contribution in [2.24, 2.45) is 10.9 Å². The average molecular weight is 303 g/mol. The summed E-state index contributed by atoms with van der Waals surface area (Å²) in [6.07, 6.45) is 1.83. The molecule has 0 radical (unpaired) electrons. The number of thiophene rings is 1. The average Bonchev–Trinajstić information content (AvgIpc) is 2.92. The SMILES string of the molecule is Cc1sc(C(=O)N2CCC[C@@H]2CN)cc1S(N)(=O)=O. The second-order valence-corrected chi connectivity index (χ2v) is 7.39. The molecule has 2 heterocycles. The summed E-state index contributed by atoms with van der Waals surface area (Å²) in [4.78, 5) is 15.0. The van der Waals surface area contributed by atoms with Gasteiger partial charge in [-0.15, -0.1) is 11.3 Å². The minimum absolute atomic E-state index is 0.0318.